The van der Waals surface area contributed by atoms with Gasteiger partial charge >= 0.3 is 0 Å². The van der Waals surface area contributed by atoms with Crippen LogP contribution >= 0.6 is 0 Å². The lowest BCUT2D eigenvalue weighted by molar-refractivity contribution is 0.0327. The minimum absolute atomic E-state index is 0.0725. The maximum atomic E-state index is 6.17. The summed E-state index contributed by atoms with van der Waals surface area (Å²) < 4.78 is 0. The minimum atomic E-state index is 0.0725. The molecule has 0 aliphatic carbocycles. The van der Waals surface area contributed by atoms with Gasteiger partial charge in [-0.3, -0.25) is 4.90 Å². The molecular formula is C13H20N2. The summed E-state index contributed by atoms with van der Waals surface area (Å²) in [6.45, 7) is 6.48. The van der Waals surface area contributed by atoms with E-state index in [1.54, 1.807) is 0 Å². The molecule has 0 amide bonds. The topological polar surface area (TPSA) is 29.3 Å². The number of hydrogen-bond acceptors (Lipinski definition) is 2. The van der Waals surface area contributed by atoms with E-state index in [-0.39, 0.29) is 5.54 Å². The first-order valence-electron chi connectivity index (χ1n) is 5.72. The van der Waals surface area contributed by atoms with Crippen LogP contribution in [0.1, 0.15) is 31.9 Å². The number of likely N-dealkylation sites (tertiary alicyclic amines) is 1. The zero-order valence-corrected chi connectivity index (χ0v) is 9.61. The number of hydrogen-bond donors (Lipinski definition) is 1. The van der Waals surface area contributed by atoms with Gasteiger partial charge in [0.05, 0.1) is 0 Å². The Bertz CT molecular complexity index is 315. The van der Waals surface area contributed by atoms with E-state index in [9.17, 15) is 0 Å². The van der Waals surface area contributed by atoms with E-state index in [0.717, 1.165) is 19.5 Å². The predicted molar refractivity (Wildman–Crippen MR) is 63.6 cm³/mol. The van der Waals surface area contributed by atoms with E-state index in [1.807, 2.05) is 0 Å². The second-order valence-electron chi connectivity index (χ2n) is 4.71. The molecule has 0 bridgehead atoms. The smallest absolute Gasteiger partial charge is 0.0410 e. The molecule has 1 atom stereocenters. The Morgan fingerprint density at radius 3 is 2.47 bits per heavy atom. The number of nitrogens with two attached hydrogens (primary N) is 1. The summed E-state index contributed by atoms with van der Waals surface area (Å²) in [6.07, 6.45) is 1.07. The Morgan fingerprint density at radius 1 is 1.33 bits per heavy atom. The van der Waals surface area contributed by atoms with Crippen LogP contribution in [0.25, 0.3) is 0 Å². The van der Waals surface area contributed by atoms with Crippen LogP contribution in [-0.4, -0.2) is 23.5 Å². The maximum Gasteiger partial charge on any atom is 0.0410 e. The molecule has 2 rings (SSSR count). The highest BCUT2D eigenvalue weighted by Crippen LogP contribution is 2.30. The van der Waals surface area contributed by atoms with E-state index in [4.69, 9.17) is 5.73 Å². The number of benzene rings is 1. The first-order chi connectivity index (χ1) is 7.14. The maximum absolute atomic E-state index is 6.17. The van der Waals surface area contributed by atoms with Crippen LogP contribution in [0.2, 0.25) is 0 Å². The highest BCUT2D eigenvalue weighted by atomic mass is 15.3. The quantitative estimate of drug-likeness (QED) is 0.817. The molecule has 1 fully saturated rings. The van der Waals surface area contributed by atoms with Gasteiger partial charge in [0, 0.05) is 24.7 Å². The van der Waals surface area contributed by atoms with E-state index in [2.05, 4.69) is 49.1 Å². The fourth-order valence-electron chi connectivity index (χ4n) is 2.20. The molecule has 15 heavy (non-hydrogen) atoms. The SMILES string of the molecule is CCC1(N)CN(C(C)c2ccccc2)C1. The third kappa shape index (κ3) is 2.06. The average molecular weight is 204 g/mol. The first-order valence-corrected chi connectivity index (χ1v) is 5.72. The summed E-state index contributed by atoms with van der Waals surface area (Å²) in [5.74, 6) is 0. The highest BCUT2D eigenvalue weighted by molar-refractivity contribution is 5.20. The molecule has 1 saturated heterocycles. The molecule has 2 heteroatoms. The fraction of sp³-hybridized carbons (Fsp3) is 0.538. The molecular weight excluding hydrogens is 184 g/mol. The van der Waals surface area contributed by atoms with Gasteiger partial charge in [0.15, 0.2) is 0 Å². The van der Waals surface area contributed by atoms with Gasteiger partial charge in [-0.15, -0.1) is 0 Å². The summed E-state index contributed by atoms with van der Waals surface area (Å²) in [7, 11) is 0. The number of nitrogens with zero attached hydrogens (tertiary/aromatic N) is 1. The molecule has 1 aromatic rings. The zero-order chi connectivity index (χ0) is 10.9. The van der Waals surface area contributed by atoms with Crippen LogP contribution in [0.4, 0.5) is 0 Å². The predicted octanol–water partition coefficient (Wildman–Crippen LogP) is 2.17. The Hall–Kier alpha value is -0.860. The van der Waals surface area contributed by atoms with E-state index >= 15 is 0 Å². The van der Waals surface area contributed by atoms with Crippen molar-refractivity contribution in [3.8, 4) is 0 Å². The van der Waals surface area contributed by atoms with Gasteiger partial charge in [0.1, 0.15) is 0 Å². The second kappa shape index (κ2) is 3.95. The third-order valence-electron chi connectivity index (χ3n) is 3.57. The van der Waals surface area contributed by atoms with Crippen molar-refractivity contribution in [2.75, 3.05) is 13.1 Å². The summed E-state index contributed by atoms with van der Waals surface area (Å²) in [5.41, 5.74) is 7.62. The van der Waals surface area contributed by atoms with Gasteiger partial charge in [-0.2, -0.15) is 0 Å². The average Bonchev–Trinajstić information content (AvgIpc) is 2.25. The van der Waals surface area contributed by atoms with Crippen LogP contribution in [0, 0.1) is 0 Å². The normalized spacial score (nSPS) is 22.1. The van der Waals surface area contributed by atoms with Crippen molar-refractivity contribution in [2.45, 2.75) is 31.8 Å². The van der Waals surface area contributed by atoms with E-state index in [1.165, 1.54) is 5.56 Å². The van der Waals surface area contributed by atoms with Crippen molar-refractivity contribution in [3.05, 3.63) is 35.9 Å². The van der Waals surface area contributed by atoms with Crippen molar-refractivity contribution < 1.29 is 0 Å². The van der Waals surface area contributed by atoms with Crippen LogP contribution < -0.4 is 5.73 Å². The molecule has 1 heterocycles. The van der Waals surface area contributed by atoms with Gasteiger partial charge in [-0.1, -0.05) is 37.3 Å². The summed E-state index contributed by atoms with van der Waals surface area (Å²) >= 11 is 0. The summed E-state index contributed by atoms with van der Waals surface area (Å²) in [5, 5.41) is 0. The zero-order valence-electron chi connectivity index (χ0n) is 9.61. The Kier molecular flexibility index (Phi) is 2.81. The van der Waals surface area contributed by atoms with Crippen molar-refractivity contribution >= 4 is 0 Å². The third-order valence-corrected chi connectivity index (χ3v) is 3.57. The minimum Gasteiger partial charge on any atom is -0.323 e. The van der Waals surface area contributed by atoms with Crippen LogP contribution in [0.5, 0.6) is 0 Å². The lowest BCUT2D eigenvalue weighted by Gasteiger charge is -2.50. The Morgan fingerprint density at radius 2 is 1.93 bits per heavy atom. The molecule has 0 spiro atoms. The van der Waals surface area contributed by atoms with Crippen molar-refractivity contribution in [3.63, 3.8) is 0 Å². The van der Waals surface area contributed by atoms with Crippen molar-refractivity contribution in [1.82, 2.24) is 4.90 Å². The summed E-state index contributed by atoms with van der Waals surface area (Å²) in [6, 6.07) is 11.1. The molecule has 1 aromatic carbocycles. The molecule has 2 N–H and O–H groups in total. The first kappa shape index (κ1) is 10.7. The largest absolute Gasteiger partial charge is 0.323 e. The molecule has 0 radical (unpaired) electrons. The molecule has 2 nitrogen and oxygen atoms in total. The molecule has 1 aliphatic heterocycles. The van der Waals surface area contributed by atoms with E-state index in [0.29, 0.717) is 6.04 Å². The van der Waals surface area contributed by atoms with Gasteiger partial charge < -0.3 is 5.73 Å². The molecule has 1 unspecified atom stereocenters. The van der Waals surface area contributed by atoms with Crippen LogP contribution in [0.15, 0.2) is 30.3 Å². The molecule has 0 aromatic heterocycles. The Balaban J connectivity index is 1.98. The number of rotatable bonds is 3. The van der Waals surface area contributed by atoms with Gasteiger partial charge in [-0.25, -0.2) is 0 Å². The molecule has 82 valence electrons. The molecule has 0 saturated carbocycles. The molecule has 1 aliphatic rings. The van der Waals surface area contributed by atoms with Crippen LogP contribution in [-0.2, 0) is 0 Å². The summed E-state index contributed by atoms with van der Waals surface area (Å²) in [4.78, 5) is 2.44. The monoisotopic (exact) mass is 204 g/mol. The van der Waals surface area contributed by atoms with E-state index < -0.39 is 0 Å². The standard InChI is InChI=1S/C13H20N2/c1-3-13(14)9-15(10-13)11(2)12-7-5-4-6-8-12/h4-8,11H,3,9-10,14H2,1-2H3. The lowest BCUT2D eigenvalue weighted by Crippen LogP contribution is -2.67. The second-order valence-corrected chi connectivity index (χ2v) is 4.71. The van der Waals surface area contributed by atoms with Gasteiger partial charge in [0.2, 0.25) is 0 Å². The van der Waals surface area contributed by atoms with Crippen molar-refractivity contribution in [1.29, 1.82) is 0 Å². The lowest BCUT2D eigenvalue weighted by atomic mass is 9.86. The highest BCUT2D eigenvalue weighted by Gasteiger charge is 2.39. The van der Waals surface area contributed by atoms with Gasteiger partial charge in [0.25, 0.3) is 0 Å². The van der Waals surface area contributed by atoms with Crippen LogP contribution in [0.3, 0.4) is 0 Å². The Labute approximate surface area is 92.1 Å². The van der Waals surface area contributed by atoms with Gasteiger partial charge in [-0.05, 0) is 18.9 Å². The van der Waals surface area contributed by atoms with Crippen molar-refractivity contribution in [2.24, 2.45) is 5.73 Å². The fourth-order valence-corrected chi connectivity index (χ4v) is 2.20.